The van der Waals surface area contributed by atoms with Gasteiger partial charge < -0.3 is 15.4 Å². The quantitative estimate of drug-likeness (QED) is 0.670. The fourth-order valence-corrected chi connectivity index (χ4v) is 2.78. The SMILES string of the molecule is COc1ccc(C)cc1NC(=O)c1ccnc(Nc2cccc(C)c2C)c1. The van der Waals surface area contributed by atoms with Crippen LogP contribution in [0.5, 0.6) is 5.75 Å². The van der Waals surface area contributed by atoms with Crippen molar-refractivity contribution in [1.82, 2.24) is 4.98 Å². The van der Waals surface area contributed by atoms with Gasteiger partial charge in [0.05, 0.1) is 12.8 Å². The Kier molecular flexibility index (Phi) is 5.41. The number of nitrogens with zero attached hydrogens (tertiary/aromatic N) is 1. The van der Waals surface area contributed by atoms with Crippen LogP contribution in [0.25, 0.3) is 0 Å². The number of rotatable bonds is 5. The molecule has 3 aromatic rings. The average molecular weight is 361 g/mol. The zero-order valence-corrected chi connectivity index (χ0v) is 16.0. The molecule has 138 valence electrons. The molecule has 0 aliphatic carbocycles. The molecule has 0 spiro atoms. The number of carbonyl (C=O) groups excluding carboxylic acids is 1. The number of amides is 1. The van der Waals surface area contributed by atoms with Gasteiger partial charge in [-0.25, -0.2) is 4.98 Å². The molecule has 0 atom stereocenters. The Morgan fingerprint density at radius 1 is 1.00 bits per heavy atom. The predicted molar refractivity (Wildman–Crippen MR) is 109 cm³/mol. The van der Waals surface area contributed by atoms with E-state index in [1.54, 1.807) is 25.4 Å². The number of anilines is 3. The maximum Gasteiger partial charge on any atom is 0.255 e. The standard InChI is InChI=1S/C22H23N3O2/c1-14-8-9-20(27-4)19(12-14)25-22(26)17-10-11-23-21(13-17)24-18-7-5-6-15(2)16(18)3/h5-13H,1-4H3,(H,23,24)(H,25,26). The van der Waals surface area contributed by atoms with Crippen LogP contribution in [0, 0.1) is 20.8 Å². The highest BCUT2D eigenvalue weighted by Gasteiger charge is 2.11. The Hall–Kier alpha value is -3.34. The van der Waals surface area contributed by atoms with E-state index < -0.39 is 0 Å². The highest BCUT2D eigenvalue weighted by atomic mass is 16.5. The van der Waals surface area contributed by atoms with Gasteiger partial charge in [0.25, 0.3) is 5.91 Å². The molecule has 27 heavy (non-hydrogen) atoms. The number of benzene rings is 2. The van der Waals surface area contributed by atoms with Crippen LogP contribution < -0.4 is 15.4 Å². The molecule has 1 heterocycles. The maximum absolute atomic E-state index is 12.7. The first-order valence-corrected chi connectivity index (χ1v) is 8.73. The first kappa shape index (κ1) is 18.5. The summed E-state index contributed by atoms with van der Waals surface area (Å²) in [5, 5.41) is 6.20. The molecule has 3 rings (SSSR count). The molecule has 0 bridgehead atoms. The third-order valence-electron chi connectivity index (χ3n) is 4.49. The van der Waals surface area contributed by atoms with Gasteiger partial charge >= 0.3 is 0 Å². The number of pyridine rings is 1. The molecule has 5 nitrogen and oxygen atoms in total. The van der Waals surface area contributed by atoms with E-state index in [-0.39, 0.29) is 5.91 Å². The van der Waals surface area contributed by atoms with Gasteiger partial charge in [0.2, 0.25) is 0 Å². The largest absolute Gasteiger partial charge is 0.495 e. The Bertz CT molecular complexity index is 983. The van der Waals surface area contributed by atoms with Crippen LogP contribution in [-0.2, 0) is 0 Å². The first-order valence-electron chi connectivity index (χ1n) is 8.73. The topological polar surface area (TPSA) is 63.2 Å². The summed E-state index contributed by atoms with van der Waals surface area (Å²) in [6, 6.07) is 15.1. The van der Waals surface area contributed by atoms with Gasteiger partial charge in [-0.05, 0) is 67.8 Å². The van der Waals surface area contributed by atoms with Crippen LogP contribution in [0.2, 0.25) is 0 Å². The lowest BCUT2D eigenvalue weighted by Gasteiger charge is -2.13. The van der Waals surface area contributed by atoms with Gasteiger partial charge in [-0.1, -0.05) is 18.2 Å². The van der Waals surface area contributed by atoms with E-state index in [9.17, 15) is 4.79 Å². The monoisotopic (exact) mass is 361 g/mol. The molecular formula is C22H23N3O2. The maximum atomic E-state index is 12.7. The number of hydrogen-bond acceptors (Lipinski definition) is 4. The summed E-state index contributed by atoms with van der Waals surface area (Å²) < 4.78 is 5.32. The normalized spacial score (nSPS) is 10.4. The molecule has 2 N–H and O–H groups in total. The van der Waals surface area contributed by atoms with Crippen LogP contribution in [0.15, 0.2) is 54.7 Å². The first-order chi connectivity index (χ1) is 13.0. The second kappa shape index (κ2) is 7.91. The van der Waals surface area contributed by atoms with Gasteiger partial charge in [-0.15, -0.1) is 0 Å². The number of hydrogen-bond donors (Lipinski definition) is 2. The molecule has 0 saturated carbocycles. The van der Waals surface area contributed by atoms with Crippen LogP contribution in [0.1, 0.15) is 27.0 Å². The molecule has 1 aromatic heterocycles. The molecule has 0 aliphatic heterocycles. The van der Waals surface area contributed by atoms with Crippen molar-refractivity contribution in [2.75, 3.05) is 17.7 Å². The van der Waals surface area contributed by atoms with Gasteiger partial charge in [0.1, 0.15) is 11.6 Å². The van der Waals surface area contributed by atoms with E-state index in [4.69, 9.17) is 4.74 Å². The van der Waals surface area contributed by atoms with Crippen molar-refractivity contribution >= 4 is 23.1 Å². The van der Waals surface area contributed by atoms with Gasteiger partial charge in [0, 0.05) is 17.4 Å². The lowest BCUT2D eigenvalue weighted by Crippen LogP contribution is -2.13. The summed E-state index contributed by atoms with van der Waals surface area (Å²) in [7, 11) is 1.58. The highest BCUT2D eigenvalue weighted by molar-refractivity contribution is 6.05. The lowest BCUT2D eigenvalue weighted by atomic mass is 10.1. The lowest BCUT2D eigenvalue weighted by molar-refractivity contribution is 0.102. The van der Waals surface area contributed by atoms with Crippen LogP contribution in [0.3, 0.4) is 0 Å². The second-order valence-electron chi connectivity index (χ2n) is 6.46. The molecule has 0 radical (unpaired) electrons. The molecule has 0 aliphatic rings. The Morgan fingerprint density at radius 3 is 2.59 bits per heavy atom. The van der Waals surface area contributed by atoms with Crippen LogP contribution >= 0.6 is 0 Å². The van der Waals surface area contributed by atoms with Crippen molar-refractivity contribution in [3.63, 3.8) is 0 Å². The third-order valence-corrected chi connectivity index (χ3v) is 4.49. The number of carbonyl (C=O) groups is 1. The predicted octanol–water partition coefficient (Wildman–Crippen LogP) is 5.01. The number of ether oxygens (including phenoxy) is 1. The van der Waals surface area contributed by atoms with E-state index in [1.807, 2.05) is 37.3 Å². The van der Waals surface area contributed by atoms with E-state index in [2.05, 4.69) is 35.5 Å². The number of nitrogens with one attached hydrogen (secondary N) is 2. The number of methoxy groups -OCH3 is 1. The zero-order chi connectivity index (χ0) is 19.4. The number of aryl methyl sites for hydroxylation is 2. The van der Waals surface area contributed by atoms with E-state index >= 15 is 0 Å². The minimum Gasteiger partial charge on any atom is -0.495 e. The minimum atomic E-state index is -0.217. The Morgan fingerprint density at radius 2 is 1.81 bits per heavy atom. The van der Waals surface area contributed by atoms with E-state index in [1.165, 1.54) is 5.56 Å². The fourth-order valence-electron chi connectivity index (χ4n) is 2.78. The average Bonchev–Trinajstić information content (AvgIpc) is 2.66. The molecule has 0 unspecified atom stereocenters. The van der Waals surface area contributed by atoms with Gasteiger partial charge in [-0.2, -0.15) is 0 Å². The fraction of sp³-hybridized carbons (Fsp3) is 0.182. The van der Waals surface area contributed by atoms with Gasteiger partial charge in [-0.3, -0.25) is 4.79 Å². The number of aromatic nitrogens is 1. The van der Waals surface area contributed by atoms with Crippen molar-refractivity contribution < 1.29 is 9.53 Å². The Labute approximate surface area is 159 Å². The summed E-state index contributed by atoms with van der Waals surface area (Å²) in [5.74, 6) is 1.02. The molecular weight excluding hydrogens is 338 g/mol. The van der Waals surface area contributed by atoms with Crippen molar-refractivity contribution in [3.8, 4) is 5.75 Å². The van der Waals surface area contributed by atoms with E-state index in [0.717, 1.165) is 16.8 Å². The third kappa shape index (κ3) is 4.26. The van der Waals surface area contributed by atoms with Crippen LogP contribution in [-0.4, -0.2) is 18.0 Å². The summed E-state index contributed by atoms with van der Waals surface area (Å²) in [5.41, 5.74) is 5.52. The van der Waals surface area contributed by atoms with Crippen molar-refractivity contribution in [3.05, 3.63) is 77.0 Å². The highest BCUT2D eigenvalue weighted by Crippen LogP contribution is 2.26. The zero-order valence-electron chi connectivity index (χ0n) is 16.0. The van der Waals surface area contributed by atoms with Crippen molar-refractivity contribution in [2.45, 2.75) is 20.8 Å². The summed E-state index contributed by atoms with van der Waals surface area (Å²) in [4.78, 5) is 17.0. The Balaban J connectivity index is 1.82. The molecule has 0 saturated heterocycles. The van der Waals surface area contributed by atoms with Crippen LogP contribution in [0.4, 0.5) is 17.2 Å². The molecule has 0 fully saturated rings. The second-order valence-corrected chi connectivity index (χ2v) is 6.46. The minimum absolute atomic E-state index is 0.217. The summed E-state index contributed by atoms with van der Waals surface area (Å²) in [6.07, 6.45) is 1.62. The summed E-state index contributed by atoms with van der Waals surface area (Å²) in [6.45, 7) is 6.08. The molecule has 5 heteroatoms. The van der Waals surface area contributed by atoms with Crippen molar-refractivity contribution in [2.24, 2.45) is 0 Å². The van der Waals surface area contributed by atoms with Gasteiger partial charge in [0.15, 0.2) is 0 Å². The summed E-state index contributed by atoms with van der Waals surface area (Å²) >= 11 is 0. The molecule has 1 amide bonds. The van der Waals surface area contributed by atoms with Crippen molar-refractivity contribution in [1.29, 1.82) is 0 Å². The smallest absolute Gasteiger partial charge is 0.255 e. The molecule has 2 aromatic carbocycles. The van der Waals surface area contributed by atoms with E-state index in [0.29, 0.717) is 22.8 Å².